The summed E-state index contributed by atoms with van der Waals surface area (Å²) in [7, 11) is 0. The number of hydrogen-bond acceptors (Lipinski definition) is 2. The molecule has 74 valence electrons. The van der Waals surface area contributed by atoms with E-state index in [1.54, 1.807) is 6.07 Å². The predicted molar refractivity (Wildman–Crippen MR) is 46.3 cm³/mol. The normalized spacial score (nSPS) is 11.1. The molecule has 0 N–H and O–H groups in total. The SMILES string of the molecule is N#CCc1ccc(C(F)(F)F)c(Br)n1. The molecule has 0 saturated heterocycles. The van der Waals surface area contributed by atoms with E-state index >= 15 is 0 Å². The molecular weight excluding hydrogens is 261 g/mol. The maximum atomic E-state index is 12.2. The molecule has 1 heterocycles. The van der Waals surface area contributed by atoms with Crippen LogP contribution in [-0.2, 0) is 12.6 Å². The highest BCUT2D eigenvalue weighted by Gasteiger charge is 2.33. The van der Waals surface area contributed by atoms with E-state index in [1.807, 2.05) is 0 Å². The first-order chi connectivity index (χ1) is 6.45. The van der Waals surface area contributed by atoms with Crippen LogP contribution < -0.4 is 0 Å². The van der Waals surface area contributed by atoms with E-state index in [4.69, 9.17) is 5.26 Å². The van der Waals surface area contributed by atoms with Crippen LogP contribution in [0.3, 0.4) is 0 Å². The Balaban J connectivity index is 3.09. The lowest BCUT2D eigenvalue weighted by atomic mass is 10.2. The molecule has 0 bridgehead atoms. The van der Waals surface area contributed by atoms with Crippen molar-refractivity contribution < 1.29 is 13.2 Å². The van der Waals surface area contributed by atoms with Crippen molar-refractivity contribution in [3.05, 3.63) is 28.0 Å². The number of pyridine rings is 1. The van der Waals surface area contributed by atoms with Crippen LogP contribution in [0.4, 0.5) is 13.2 Å². The highest BCUT2D eigenvalue weighted by Crippen LogP contribution is 2.33. The van der Waals surface area contributed by atoms with Crippen LogP contribution in [0.15, 0.2) is 16.7 Å². The number of halogens is 4. The van der Waals surface area contributed by atoms with Gasteiger partial charge in [-0.25, -0.2) is 4.98 Å². The zero-order chi connectivity index (χ0) is 10.8. The summed E-state index contributed by atoms with van der Waals surface area (Å²) in [5.74, 6) is 0. The molecule has 0 fully saturated rings. The molecule has 6 heteroatoms. The van der Waals surface area contributed by atoms with Crippen molar-refractivity contribution in [3.8, 4) is 6.07 Å². The summed E-state index contributed by atoms with van der Waals surface area (Å²) in [5.41, 5.74) is -0.522. The second kappa shape index (κ2) is 3.96. The van der Waals surface area contributed by atoms with Crippen LogP contribution in [0.25, 0.3) is 0 Å². The minimum absolute atomic E-state index is 0.00324. The molecule has 0 amide bonds. The number of rotatable bonds is 1. The largest absolute Gasteiger partial charge is 0.419 e. The Morgan fingerprint density at radius 2 is 2.07 bits per heavy atom. The molecule has 0 aromatic carbocycles. The molecule has 2 nitrogen and oxygen atoms in total. The van der Waals surface area contributed by atoms with Gasteiger partial charge in [-0.1, -0.05) is 0 Å². The van der Waals surface area contributed by atoms with Crippen molar-refractivity contribution in [3.63, 3.8) is 0 Å². The molecule has 14 heavy (non-hydrogen) atoms. The minimum Gasteiger partial charge on any atom is -0.244 e. The van der Waals surface area contributed by atoms with Crippen LogP contribution in [-0.4, -0.2) is 4.98 Å². The van der Waals surface area contributed by atoms with Crippen molar-refractivity contribution in [2.45, 2.75) is 12.6 Å². The fraction of sp³-hybridized carbons (Fsp3) is 0.250. The van der Waals surface area contributed by atoms with Gasteiger partial charge in [0.25, 0.3) is 0 Å². The monoisotopic (exact) mass is 264 g/mol. The lowest BCUT2D eigenvalue weighted by molar-refractivity contribution is -0.138. The summed E-state index contributed by atoms with van der Waals surface area (Å²) in [6.07, 6.45) is -4.42. The summed E-state index contributed by atoms with van der Waals surface area (Å²) in [5, 5.41) is 8.31. The maximum absolute atomic E-state index is 12.2. The van der Waals surface area contributed by atoms with Gasteiger partial charge in [-0.05, 0) is 28.1 Å². The van der Waals surface area contributed by atoms with Gasteiger partial charge < -0.3 is 0 Å². The van der Waals surface area contributed by atoms with Gasteiger partial charge in [-0.2, -0.15) is 18.4 Å². The highest BCUT2D eigenvalue weighted by molar-refractivity contribution is 9.10. The van der Waals surface area contributed by atoms with Crippen LogP contribution in [0.1, 0.15) is 11.3 Å². The molecule has 0 aliphatic heterocycles. The summed E-state index contributed by atoms with van der Waals surface area (Å²) in [6, 6.07) is 3.90. The molecule has 1 aromatic rings. The molecule has 1 rings (SSSR count). The Morgan fingerprint density at radius 1 is 1.43 bits per heavy atom. The molecule has 0 aliphatic carbocycles. The lowest BCUT2D eigenvalue weighted by Crippen LogP contribution is -2.07. The molecule has 1 aromatic heterocycles. The Morgan fingerprint density at radius 3 is 2.50 bits per heavy atom. The van der Waals surface area contributed by atoms with Crippen LogP contribution in [0.5, 0.6) is 0 Å². The fourth-order valence-corrected chi connectivity index (χ4v) is 1.45. The third kappa shape index (κ3) is 2.45. The summed E-state index contributed by atoms with van der Waals surface area (Å²) in [4.78, 5) is 3.60. The highest BCUT2D eigenvalue weighted by atomic mass is 79.9. The van der Waals surface area contributed by atoms with Crippen LogP contribution in [0, 0.1) is 11.3 Å². The average molecular weight is 265 g/mol. The standard InChI is InChI=1S/C8H4BrF3N2/c9-7-6(8(10,11)12)2-1-5(14-7)3-4-13/h1-2H,3H2. The van der Waals surface area contributed by atoms with Crippen molar-refractivity contribution in [1.82, 2.24) is 4.98 Å². The number of aromatic nitrogens is 1. The van der Waals surface area contributed by atoms with Crippen molar-refractivity contribution in [2.75, 3.05) is 0 Å². The zero-order valence-corrected chi connectivity index (χ0v) is 8.35. The van der Waals surface area contributed by atoms with Crippen molar-refractivity contribution >= 4 is 15.9 Å². The van der Waals surface area contributed by atoms with Gasteiger partial charge in [0.2, 0.25) is 0 Å². The fourth-order valence-electron chi connectivity index (χ4n) is 0.863. The van der Waals surface area contributed by atoms with E-state index in [1.165, 1.54) is 6.07 Å². The van der Waals surface area contributed by atoms with E-state index in [-0.39, 0.29) is 11.0 Å². The zero-order valence-electron chi connectivity index (χ0n) is 6.77. The van der Waals surface area contributed by atoms with Gasteiger partial charge in [0, 0.05) is 0 Å². The number of nitrogens with zero attached hydrogens (tertiary/aromatic N) is 2. The minimum atomic E-state index is -4.42. The molecule has 0 aliphatic rings. The average Bonchev–Trinajstić information content (AvgIpc) is 2.02. The van der Waals surface area contributed by atoms with Gasteiger partial charge in [0.15, 0.2) is 0 Å². The van der Waals surface area contributed by atoms with Gasteiger partial charge >= 0.3 is 6.18 Å². The van der Waals surface area contributed by atoms with Crippen LogP contribution in [0.2, 0.25) is 0 Å². The first kappa shape index (κ1) is 11.0. The van der Waals surface area contributed by atoms with E-state index in [0.29, 0.717) is 5.69 Å². The molecule has 0 radical (unpaired) electrons. The summed E-state index contributed by atoms with van der Waals surface area (Å²) in [6.45, 7) is 0. The number of alkyl halides is 3. The molecule has 0 atom stereocenters. The Bertz CT molecular complexity index is 381. The quantitative estimate of drug-likeness (QED) is 0.732. The Hall–Kier alpha value is -1.09. The summed E-state index contributed by atoms with van der Waals surface area (Å²) >= 11 is 2.71. The lowest BCUT2D eigenvalue weighted by Gasteiger charge is -2.08. The molecule has 0 unspecified atom stereocenters. The third-order valence-corrected chi connectivity index (χ3v) is 2.08. The topological polar surface area (TPSA) is 36.7 Å². The van der Waals surface area contributed by atoms with E-state index in [9.17, 15) is 13.2 Å². The first-order valence-corrected chi connectivity index (χ1v) is 4.34. The predicted octanol–water partition coefficient (Wildman–Crippen LogP) is 2.93. The Labute approximate surface area is 86.5 Å². The first-order valence-electron chi connectivity index (χ1n) is 3.54. The molecule has 0 spiro atoms. The van der Waals surface area contributed by atoms with Gasteiger partial charge in [0.05, 0.1) is 23.7 Å². The van der Waals surface area contributed by atoms with Gasteiger partial charge in [0.1, 0.15) is 4.60 Å². The van der Waals surface area contributed by atoms with Crippen molar-refractivity contribution in [1.29, 1.82) is 5.26 Å². The molecule has 0 saturated carbocycles. The van der Waals surface area contributed by atoms with E-state index in [0.717, 1.165) is 6.07 Å². The van der Waals surface area contributed by atoms with Gasteiger partial charge in [-0.15, -0.1) is 0 Å². The smallest absolute Gasteiger partial charge is 0.244 e. The van der Waals surface area contributed by atoms with Gasteiger partial charge in [-0.3, -0.25) is 0 Å². The van der Waals surface area contributed by atoms with Crippen molar-refractivity contribution in [2.24, 2.45) is 0 Å². The maximum Gasteiger partial charge on any atom is 0.419 e. The van der Waals surface area contributed by atoms with E-state index < -0.39 is 11.7 Å². The van der Waals surface area contributed by atoms with E-state index in [2.05, 4.69) is 20.9 Å². The second-order valence-electron chi connectivity index (χ2n) is 2.47. The second-order valence-corrected chi connectivity index (χ2v) is 3.22. The van der Waals surface area contributed by atoms with Crippen LogP contribution >= 0.6 is 15.9 Å². The molecular formula is C8H4BrF3N2. The number of nitriles is 1. The number of hydrogen-bond donors (Lipinski definition) is 0. The summed E-state index contributed by atoms with van der Waals surface area (Å²) < 4.78 is 36.4. The third-order valence-electron chi connectivity index (χ3n) is 1.47. The Kier molecular flexibility index (Phi) is 3.11.